The maximum absolute atomic E-state index is 12.1. The maximum atomic E-state index is 12.1. The Labute approximate surface area is 139 Å². The maximum Gasteiger partial charge on any atom is 0.223 e. The van der Waals surface area contributed by atoms with Gasteiger partial charge in [-0.2, -0.15) is 0 Å². The normalized spacial score (nSPS) is 16.1. The summed E-state index contributed by atoms with van der Waals surface area (Å²) >= 11 is 0. The van der Waals surface area contributed by atoms with Crippen LogP contribution in [0.2, 0.25) is 0 Å². The molecule has 0 aromatic heterocycles. The van der Waals surface area contributed by atoms with Gasteiger partial charge in [-0.3, -0.25) is 9.59 Å². The van der Waals surface area contributed by atoms with Crippen LogP contribution < -0.4 is 10.6 Å². The van der Waals surface area contributed by atoms with Gasteiger partial charge in [0, 0.05) is 18.9 Å². The number of rotatable bonds is 6. The number of amides is 2. The number of aryl methyl sites for hydroxylation is 2. The predicted octanol–water partition coefficient (Wildman–Crippen LogP) is 3.18. The Hall–Kier alpha value is -1.84. The van der Waals surface area contributed by atoms with Gasteiger partial charge >= 0.3 is 0 Å². The first-order chi connectivity index (χ1) is 11.0. The Kier molecular flexibility index (Phi) is 6.20. The van der Waals surface area contributed by atoms with E-state index in [-0.39, 0.29) is 23.8 Å². The van der Waals surface area contributed by atoms with E-state index < -0.39 is 0 Å². The highest BCUT2D eigenvalue weighted by Gasteiger charge is 2.22. The lowest BCUT2D eigenvalue weighted by Crippen LogP contribution is -2.34. The monoisotopic (exact) mass is 316 g/mol. The average molecular weight is 316 g/mol. The summed E-state index contributed by atoms with van der Waals surface area (Å²) < 4.78 is 0. The predicted molar refractivity (Wildman–Crippen MR) is 92.1 cm³/mol. The lowest BCUT2D eigenvalue weighted by Gasteiger charge is -2.17. The molecule has 0 heterocycles. The molecule has 1 aliphatic carbocycles. The van der Waals surface area contributed by atoms with Gasteiger partial charge in [0.1, 0.15) is 0 Å². The third-order valence-electron chi connectivity index (χ3n) is 4.66. The van der Waals surface area contributed by atoms with E-state index in [1.54, 1.807) is 0 Å². The van der Waals surface area contributed by atoms with Gasteiger partial charge in [-0.25, -0.2) is 0 Å². The van der Waals surface area contributed by atoms with Crippen LogP contribution >= 0.6 is 0 Å². The molecule has 23 heavy (non-hydrogen) atoms. The van der Waals surface area contributed by atoms with Gasteiger partial charge in [0.15, 0.2) is 0 Å². The van der Waals surface area contributed by atoms with E-state index in [9.17, 15) is 9.59 Å². The summed E-state index contributed by atoms with van der Waals surface area (Å²) in [6.45, 7) is 6.52. The van der Waals surface area contributed by atoms with Gasteiger partial charge in [0.05, 0.1) is 6.04 Å². The van der Waals surface area contributed by atoms with Crippen LogP contribution in [0.15, 0.2) is 18.2 Å². The largest absolute Gasteiger partial charge is 0.355 e. The topological polar surface area (TPSA) is 58.2 Å². The summed E-state index contributed by atoms with van der Waals surface area (Å²) in [6, 6.07) is 6.25. The van der Waals surface area contributed by atoms with Crippen molar-refractivity contribution < 1.29 is 9.59 Å². The van der Waals surface area contributed by atoms with Gasteiger partial charge in [0.2, 0.25) is 11.8 Å². The van der Waals surface area contributed by atoms with E-state index in [1.807, 2.05) is 6.92 Å². The van der Waals surface area contributed by atoms with Crippen LogP contribution in [0.4, 0.5) is 0 Å². The molecule has 4 nitrogen and oxygen atoms in total. The molecule has 0 radical (unpaired) electrons. The number of nitrogens with one attached hydrogen (secondary N) is 2. The Morgan fingerprint density at radius 2 is 1.91 bits per heavy atom. The second kappa shape index (κ2) is 8.14. The Bertz CT molecular complexity index is 562. The SMILES string of the molecule is Cc1ccc(C)c(C(C)NC(=O)CCNC(=O)C2CCCC2)c1. The lowest BCUT2D eigenvalue weighted by molar-refractivity contribution is -0.125. The summed E-state index contributed by atoms with van der Waals surface area (Å²) in [4.78, 5) is 24.0. The highest BCUT2D eigenvalue weighted by atomic mass is 16.2. The second-order valence-corrected chi connectivity index (χ2v) is 6.67. The minimum Gasteiger partial charge on any atom is -0.355 e. The molecule has 0 spiro atoms. The summed E-state index contributed by atoms with van der Waals surface area (Å²) in [5.74, 6) is 0.245. The van der Waals surface area contributed by atoms with Crippen LogP contribution in [0.3, 0.4) is 0 Å². The zero-order chi connectivity index (χ0) is 16.8. The molecule has 1 unspecified atom stereocenters. The van der Waals surface area contributed by atoms with Crippen molar-refractivity contribution in [1.82, 2.24) is 10.6 Å². The third kappa shape index (κ3) is 5.08. The molecule has 0 saturated heterocycles. The first-order valence-electron chi connectivity index (χ1n) is 8.61. The first-order valence-corrected chi connectivity index (χ1v) is 8.61. The molecule has 1 fully saturated rings. The fourth-order valence-electron chi connectivity index (χ4n) is 3.25. The number of carbonyl (C=O) groups is 2. The van der Waals surface area contributed by atoms with Crippen LogP contribution in [0.1, 0.15) is 61.8 Å². The molecule has 126 valence electrons. The first kappa shape index (κ1) is 17.5. The van der Waals surface area contributed by atoms with Gasteiger partial charge in [-0.15, -0.1) is 0 Å². The summed E-state index contributed by atoms with van der Waals surface area (Å²) in [7, 11) is 0. The molecule has 1 aromatic carbocycles. The van der Waals surface area contributed by atoms with Crippen LogP contribution in [-0.2, 0) is 9.59 Å². The van der Waals surface area contributed by atoms with Crippen molar-refractivity contribution in [1.29, 1.82) is 0 Å². The molecular weight excluding hydrogens is 288 g/mol. The van der Waals surface area contributed by atoms with Crippen LogP contribution in [0.5, 0.6) is 0 Å². The molecule has 1 aliphatic rings. The van der Waals surface area contributed by atoms with Gasteiger partial charge in [-0.1, -0.05) is 36.6 Å². The van der Waals surface area contributed by atoms with Gasteiger partial charge < -0.3 is 10.6 Å². The summed E-state index contributed by atoms with van der Waals surface area (Å²) in [5, 5.41) is 5.91. The van der Waals surface area contributed by atoms with Crippen LogP contribution in [0, 0.1) is 19.8 Å². The molecular formula is C19H28N2O2. The van der Waals surface area contributed by atoms with E-state index in [1.165, 1.54) is 11.1 Å². The molecule has 2 amide bonds. The second-order valence-electron chi connectivity index (χ2n) is 6.67. The zero-order valence-corrected chi connectivity index (χ0v) is 14.4. The highest BCUT2D eigenvalue weighted by Crippen LogP contribution is 2.24. The molecule has 0 aliphatic heterocycles. The van der Waals surface area contributed by atoms with Crippen molar-refractivity contribution >= 4 is 11.8 Å². The quantitative estimate of drug-likeness (QED) is 0.847. The van der Waals surface area contributed by atoms with E-state index in [4.69, 9.17) is 0 Å². The number of benzene rings is 1. The molecule has 1 atom stereocenters. The van der Waals surface area contributed by atoms with Crippen molar-refractivity contribution in [2.24, 2.45) is 5.92 Å². The molecule has 1 aromatic rings. The highest BCUT2D eigenvalue weighted by molar-refractivity contribution is 5.80. The van der Waals surface area contributed by atoms with Crippen molar-refractivity contribution in [3.05, 3.63) is 34.9 Å². The fraction of sp³-hybridized carbons (Fsp3) is 0.579. The van der Waals surface area contributed by atoms with E-state index in [0.717, 1.165) is 31.2 Å². The smallest absolute Gasteiger partial charge is 0.223 e. The van der Waals surface area contributed by atoms with Gasteiger partial charge in [0.25, 0.3) is 0 Å². The Balaban J connectivity index is 1.75. The van der Waals surface area contributed by atoms with Crippen molar-refractivity contribution in [3.63, 3.8) is 0 Å². The molecule has 2 rings (SSSR count). The number of carbonyl (C=O) groups excluding carboxylic acids is 2. The average Bonchev–Trinajstić information content (AvgIpc) is 3.03. The summed E-state index contributed by atoms with van der Waals surface area (Å²) in [5.41, 5.74) is 3.52. The number of hydrogen-bond donors (Lipinski definition) is 2. The molecule has 4 heteroatoms. The van der Waals surface area contributed by atoms with E-state index >= 15 is 0 Å². The van der Waals surface area contributed by atoms with Crippen molar-refractivity contribution in [2.75, 3.05) is 6.54 Å². The molecule has 1 saturated carbocycles. The zero-order valence-electron chi connectivity index (χ0n) is 14.4. The van der Waals surface area contributed by atoms with Crippen molar-refractivity contribution in [2.45, 2.75) is 58.9 Å². The Morgan fingerprint density at radius 3 is 2.61 bits per heavy atom. The van der Waals surface area contributed by atoms with Crippen LogP contribution in [-0.4, -0.2) is 18.4 Å². The van der Waals surface area contributed by atoms with Gasteiger partial charge in [-0.05, 0) is 44.7 Å². The summed E-state index contributed by atoms with van der Waals surface area (Å²) in [6.07, 6.45) is 4.59. The third-order valence-corrected chi connectivity index (χ3v) is 4.66. The minimum absolute atomic E-state index is 0.0204. The standard InChI is InChI=1S/C19H28N2O2/c1-13-8-9-14(2)17(12-13)15(3)21-18(22)10-11-20-19(23)16-6-4-5-7-16/h8-9,12,15-16H,4-7,10-11H2,1-3H3,(H,20,23)(H,21,22). The fourth-order valence-corrected chi connectivity index (χ4v) is 3.25. The Morgan fingerprint density at radius 1 is 1.22 bits per heavy atom. The van der Waals surface area contributed by atoms with Crippen molar-refractivity contribution in [3.8, 4) is 0 Å². The number of hydrogen-bond acceptors (Lipinski definition) is 2. The van der Waals surface area contributed by atoms with E-state index in [0.29, 0.717) is 13.0 Å². The minimum atomic E-state index is -0.0230. The van der Waals surface area contributed by atoms with E-state index in [2.05, 4.69) is 42.7 Å². The molecule has 2 N–H and O–H groups in total. The molecule has 0 bridgehead atoms. The lowest BCUT2D eigenvalue weighted by atomic mass is 10.00. The van der Waals surface area contributed by atoms with Crippen LogP contribution in [0.25, 0.3) is 0 Å².